The summed E-state index contributed by atoms with van der Waals surface area (Å²) in [6.07, 6.45) is 0.299. The van der Waals surface area contributed by atoms with Crippen molar-refractivity contribution in [2.24, 2.45) is 0 Å². The molecule has 0 spiro atoms. The normalized spacial score (nSPS) is 14.4. The fourth-order valence-corrected chi connectivity index (χ4v) is 6.01. The number of ether oxygens (including phenoxy) is 1. The molecule has 0 aliphatic carbocycles. The minimum absolute atomic E-state index is 0.143. The molecule has 1 fully saturated rings. The zero-order valence-corrected chi connectivity index (χ0v) is 25.3. The van der Waals surface area contributed by atoms with E-state index in [4.69, 9.17) is 4.74 Å². The van der Waals surface area contributed by atoms with Crippen LogP contribution in [0.1, 0.15) is 49.5 Å². The molecule has 0 bridgehead atoms. The summed E-state index contributed by atoms with van der Waals surface area (Å²) in [6, 6.07) is 30.2. The van der Waals surface area contributed by atoms with Gasteiger partial charge in [-0.2, -0.15) is 0 Å². The van der Waals surface area contributed by atoms with Crippen LogP contribution in [0.5, 0.6) is 0 Å². The number of amides is 2. The lowest BCUT2D eigenvalue weighted by Crippen LogP contribution is -2.38. The van der Waals surface area contributed by atoms with Crippen LogP contribution in [0.25, 0.3) is 22.0 Å². The van der Waals surface area contributed by atoms with Gasteiger partial charge in [0.25, 0.3) is 5.91 Å². The lowest BCUT2D eigenvalue weighted by Gasteiger charge is -2.17. The van der Waals surface area contributed by atoms with Gasteiger partial charge >= 0.3 is 12.1 Å². The topological polar surface area (TPSA) is 101 Å². The van der Waals surface area contributed by atoms with Crippen molar-refractivity contribution < 1.29 is 24.2 Å². The highest BCUT2D eigenvalue weighted by Gasteiger charge is 2.29. The number of hydrogen-bond acceptors (Lipinski definition) is 4. The molecule has 4 aromatic carbocycles. The van der Waals surface area contributed by atoms with Crippen LogP contribution < -0.4 is 5.32 Å². The number of rotatable bonds is 8. The molecule has 1 aromatic heterocycles. The van der Waals surface area contributed by atoms with E-state index < -0.39 is 5.97 Å². The molecule has 1 atom stereocenters. The first-order valence-electron chi connectivity index (χ1n) is 15.1. The van der Waals surface area contributed by atoms with Crippen LogP contribution in [0.2, 0.25) is 0 Å². The van der Waals surface area contributed by atoms with Crippen molar-refractivity contribution in [3.8, 4) is 11.1 Å². The summed E-state index contributed by atoms with van der Waals surface area (Å²) in [5.41, 5.74) is 7.68. The van der Waals surface area contributed by atoms with Crippen molar-refractivity contribution in [1.82, 2.24) is 14.8 Å². The summed E-state index contributed by atoms with van der Waals surface area (Å²) < 4.78 is 7.70. The molecule has 0 saturated carbocycles. The van der Waals surface area contributed by atoms with Gasteiger partial charge in [-0.25, -0.2) is 9.59 Å². The van der Waals surface area contributed by atoms with Crippen molar-refractivity contribution >= 4 is 28.9 Å². The third-order valence-corrected chi connectivity index (χ3v) is 8.65. The van der Waals surface area contributed by atoms with E-state index in [-0.39, 0.29) is 30.2 Å². The number of aromatic carboxylic acids is 1. The van der Waals surface area contributed by atoms with Gasteiger partial charge in [-0.3, -0.25) is 4.79 Å². The molecule has 1 aliphatic heterocycles. The second-order valence-electron chi connectivity index (χ2n) is 11.5. The first-order valence-corrected chi connectivity index (χ1v) is 15.1. The van der Waals surface area contributed by atoms with Gasteiger partial charge in [-0.05, 0) is 72.4 Å². The van der Waals surface area contributed by atoms with Crippen LogP contribution >= 0.6 is 0 Å². The number of nitrogens with one attached hydrogen (secondary N) is 1. The quantitative estimate of drug-likeness (QED) is 0.203. The number of carboxylic acid groups (broad SMARTS) is 1. The first-order chi connectivity index (χ1) is 21.8. The minimum Gasteiger partial charge on any atom is -0.478 e. The number of carboxylic acids is 1. The van der Waals surface area contributed by atoms with Crippen LogP contribution in [-0.4, -0.2) is 51.7 Å². The fraction of sp³-hybridized carbons (Fsp3) is 0.216. The molecule has 1 aliphatic rings. The van der Waals surface area contributed by atoms with Crippen molar-refractivity contribution in [2.45, 2.75) is 39.5 Å². The van der Waals surface area contributed by atoms with Crippen molar-refractivity contribution in [3.05, 3.63) is 131 Å². The van der Waals surface area contributed by atoms with Crippen LogP contribution in [0.15, 0.2) is 97.1 Å². The van der Waals surface area contributed by atoms with E-state index >= 15 is 0 Å². The standard InChI is InChI=1S/C37H35N3O5/c1-24-25(2)40(21-26-12-14-28(15-13-26)31-10-6-7-11-32(31)36(42)43)34-17-16-29(20-33(24)34)35(41)38-30-18-19-39(22-30)37(44)45-23-27-8-4-3-5-9-27/h3-17,20,30H,18-19,21-23H2,1-2H3,(H,38,41)(H,42,43)/t30-/m0/s1. The van der Waals surface area contributed by atoms with Crippen LogP contribution in [-0.2, 0) is 17.9 Å². The molecular weight excluding hydrogens is 566 g/mol. The average molecular weight is 602 g/mol. The molecule has 1 saturated heterocycles. The fourth-order valence-electron chi connectivity index (χ4n) is 6.01. The number of carbonyl (C=O) groups is 3. The van der Waals surface area contributed by atoms with Gasteiger partial charge in [0.05, 0.1) is 5.56 Å². The number of likely N-dealkylation sites (tertiary alicyclic amines) is 1. The van der Waals surface area contributed by atoms with Gasteiger partial charge in [0.15, 0.2) is 0 Å². The minimum atomic E-state index is -0.947. The molecule has 228 valence electrons. The molecule has 8 nitrogen and oxygen atoms in total. The van der Waals surface area contributed by atoms with Crippen molar-refractivity contribution in [2.75, 3.05) is 13.1 Å². The van der Waals surface area contributed by atoms with E-state index in [2.05, 4.69) is 23.7 Å². The molecule has 2 N–H and O–H groups in total. The zero-order valence-electron chi connectivity index (χ0n) is 25.3. The number of aryl methyl sites for hydroxylation is 1. The number of fused-ring (bicyclic) bond motifs is 1. The van der Waals surface area contributed by atoms with Crippen molar-refractivity contribution in [1.29, 1.82) is 0 Å². The Morgan fingerprint density at radius 3 is 2.38 bits per heavy atom. The lowest BCUT2D eigenvalue weighted by atomic mass is 9.99. The second kappa shape index (κ2) is 12.7. The smallest absolute Gasteiger partial charge is 0.410 e. The Morgan fingerprint density at radius 1 is 0.889 bits per heavy atom. The number of benzene rings is 4. The third-order valence-electron chi connectivity index (χ3n) is 8.65. The highest BCUT2D eigenvalue weighted by atomic mass is 16.6. The first kappa shape index (κ1) is 29.7. The summed E-state index contributed by atoms with van der Waals surface area (Å²) in [4.78, 5) is 39.1. The highest BCUT2D eigenvalue weighted by molar-refractivity contribution is 5.99. The molecule has 6 rings (SSSR count). The number of carbonyl (C=O) groups excluding carboxylic acids is 2. The number of aromatic nitrogens is 1. The summed E-state index contributed by atoms with van der Waals surface area (Å²) in [6.45, 7) is 5.95. The Morgan fingerprint density at radius 2 is 1.62 bits per heavy atom. The van der Waals surface area contributed by atoms with E-state index in [1.165, 1.54) is 0 Å². The third kappa shape index (κ3) is 6.31. The second-order valence-corrected chi connectivity index (χ2v) is 11.5. The maximum atomic E-state index is 13.3. The Bertz CT molecular complexity index is 1880. The number of nitrogens with zero attached hydrogens (tertiary/aromatic N) is 2. The van der Waals surface area contributed by atoms with Crippen LogP contribution in [0.3, 0.4) is 0 Å². The van der Waals surface area contributed by atoms with E-state index in [0.29, 0.717) is 37.2 Å². The molecule has 2 heterocycles. The van der Waals surface area contributed by atoms with E-state index in [1.807, 2.05) is 84.9 Å². The summed E-state index contributed by atoms with van der Waals surface area (Å²) in [5.74, 6) is -1.11. The summed E-state index contributed by atoms with van der Waals surface area (Å²) >= 11 is 0. The monoisotopic (exact) mass is 601 g/mol. The van der Waals surface area contributed by atoms with Gasteiger partial charge in [0.1, 0.15) is 6.61 Å². The molecule has 2 amide bonds. The van der Waals surface area contributed by atoms with Gasteiger partial charge in [-0.15, -0.1) is 0 Å². The largest absolute Gasteiger partial charge is 0.478 e. The van der Waals surface area contributed by atoms with Gasteiger partial charge in [-0.1, -0.05) is 72.8 Å². The van der Waals surface area contributed by atoms with E-state index in [9.17, 15) is 19.5 Å². The zero-order chi connectivity index (χ0) is 31.5. The maximum absolute atomic E-state index is 13.3. The summed E-state index contributed by atoms with van der Waals surface area (Å²) in [5, 5.41) is 13.7. The molecule has 0 radical (unpaired) electrons. The Labute approximate surface area is 261 Å². The Hall–Kier alpha value is -5.37. The lowest BCUT2D eigenvalue weighted by molar-refractivity contribution is 0.0697. The molecule has 45 heavy (non-hydrogen) atoms. The average Bonchev–Trinajstić information content (AvgIpc) is 3.63. The van der Waals surface area contributed by atoms with E-state index in [1.54, 1.807) is 17.0 Å². The van der Waals surface area contributed by atoms with Crippen LogP contribution in [0.4, 0.5) is 4.79 Å². The van der Waals surface area contributed by atoms with Crippen molar-refractivity contribution in [3.63, 3.8) is 0 Å². The molecular formula is C37H35N3O5. The Balaban J connectivity index is 1.11. The van der Waals surface area contributed by atoms with Gasteiger partial charge in [0.2, 0.25) is 0 Å². The van der Waals surface area contributed by atoms with Crippen LogP contribution in [0, 0.1) is 13.8 Å². The predicted molar refractivity (Wildman–Crippen MR) is 173 cm³/mol. The summed E-state index contributed by atoms with van der Waals surface area (Å²) in [7, 11) is 0. The van der Waals surface area contributed by atoms with E-state index in [0.717, 1.165) is 38.9 Å². The Kier molecular flexibility index (Phi) is 8.38. The van der Waals surface area contributed by atoms with Gasteiger partial charge < -0.3 is 24.6 Å². The SMILES string of the molecule is Cc1c(C)n(Cc2ccc(-c3ccccc3C(=O)O)cc2)c2ccc(C(=O)N[C@H]3CCN(C(=O)OCc4ccccc4)C3)cc12. The number of hydrogen-bond donors (Lipinski definition) is 2. The molecule has 8 heteroatoms. The predicted octanol–water partition coefficient (Wildman–Crippen LogP) is 6.81. The molecule has 0 unspecified atom stereocenters. The maximum Gasteiger partial charge on any atom is 0.410 e. The molecule has 5 aromatic rings. The highest BCUT2D eigenvalue weighted by Crippen LogP contribution is 2.29. The van der Waals surface area contributed by atoms with Gasteiger partial charge in [0, 0.05) is 47.8 Å².